The SMILES string of the molecule is CC(C)c1cc(Br)ccc1Oc1cc(NN)ncn1. The molecule has 0 saturated heterocycles. The number of benzene rings is 1. The van der Waals surface area contributed by atoms with Crippen LogP contribution in [0.3, 0.4) is 0 Å². The third-order valence-electron chi connectivity index (χ3n) is 2.60. The molecule has 0 spiro atoms. The fraction of sp³-hybridized carbons (Fsp3) is 0.231. The van der Waals surface area contributed by atoms with Crippen molar-refractivity contribution in [2.75, 3.05) is 5.43 Å². The second kappa shape index (κ2) is 5.99. The van der Waals surface area contributed by atoms with Crippen LogP contribution in [0.2, 0.25) is 0 Å². The largest absolute Gasteiger partial charge is 0.439 e. The van der Waals surface area contributed by atoms with Crippen LogP contribution >= 0.6 is 15.9 Å². The van der Waals surface area contributed by atoms with Crippen molar-refractivity contribution in [3.8, 4) is 11.6 Å². The van der Waals surface area contributed by atoms with E-state index in [0.717, 1.165) is 15.8 Å². The Morgan fingerprint density at radius 3 is 2.74 bits per heavy atom. The normalized spacial score (nSPS) is 10.6. The van der Waals surface area contributed by atoms with Gasteiger partial charge in [-0.1, -0.05) is 29.8 Å². The highest BCUT2D eigenvalue weighted by molar-refractivity contribution is 9.10. The molecular formula is C13H15BrN4O. The van der Waals surface area contributed by atoms with Crippen LogP contribution in [0.25, 0.3) is 0 Å². The Morgan fingerprint density at radius 1 is 1.26 bits per heavy atom. The number of nitrogens with zero attached hydrogens (tertiary/aromatic N) is 2. The Labute approximate surface area is 120 Å². The van der Waals surface area contributed by atoms with E-state index in [4.69, 9.17) is 10.6 Å². The third-order valence-corrected chi connectivity index (χ3v) is 3.09. The summed E-state index contributed by atoms with van der Waals surface area (Å²) in [6.07, 6.45) is 1.40. The lowest BCUT2D eigenvalue weighted by molar-refractivity contribution is 0.453. The van der Waals surface area contributed by atoms with E-state index in [9.17, 15) is 0 Å². The van der Waals surface area contributed by atoms with Gasteiger partial charge in [0.05, 0.1) is 0 Å². The van der Waals surface area contributed by atoms with Crippen LogP contribution < -0.4 is 16.0 Å². The lowest BCUT2D eigenvalue weighted by Crippen LogP contribution is -2.08. The number of nitrogens with two attached hydrogens (primary N) is 1. The van der Waals surface area contributed by atoms with E-state index in [1.54, 1.807) is 6.07 Å². The number of aromatic nitrogens is 2. The maximum Gasteiger partial charge on any atom is 0.224 e. The Kier molecular flexibility index (Phi) is 4.34. The molecular weight excluding hydrogens is 308 g/mol. The summed E-state index contributed by atoms with van der Waals surface area (Å²) in [7, 11) is 0. The summed E-state index contributed by atoms with van der Waals surface area (Å²) in [5, 5.41) is 0. The summed E-state index contributed by atoms with van der Waals surface area (Å²) in [5.41, 5.74) is 3.57. The van der Waals surface area contributed by atoms with Crippen molar-refractivity contribution in [1.29, 1.82) is 0 Å². The van der Waals surface area contributed by atoms with E-state index in [-0.39, 0.29) is 0 Å². The highest BCUT2D eigenvalue weighted by Crippen LogP contribution is 2.32. The Balaban J connectivity index is 2.32. The summed E-state index contributed by atoms with van der Waals surface area (Å²) >= 11 is 3.47. The van der Waals surface area contributed by atoms with Crippen molar-refractivity contribution >= 4 is 21.7 Å². The second-order valence-electron chi connectivity index (χ2n) is 4.32. The van der Waals surface area contributed by atoms with E-state index in [2.05, 4.69) is 45.2 Å². The van der Waals surface area contributed by atoms with Gasteiger partial charge in [0.15, 0.2) is 0 Å². The molecule has 0 bridgehead atoms. The van der Waals surface area contributed by atoms with E-state index >= 15 is 0 Å². The number of halogens is 1. The summed E-state index contributed by atoms with van der Waals surface area (Å²) < 4.78 is 6.82. The zero-order valence-corrected chi connectivity index (χ0v) is 12.3. The molecule has 2 rings (SSSR count). The predicted molar refractivity (Wildman–Crippen MR) is 78.1 cm³/mol. The van der Waals surface area contributed by atoms with Crippen molar-refractivity contribution in [2.24, 2.45) is 5.84 Å². The van der Waals surface area contributed by atoms with Crippen molar-refractivity contribution in [3.05, 3.63) is 40.6 Å². The summed E-state index contributed by atoms with van der Waals surface area (Å²) in [6, 6.07) is 7.54. The number of hydrogen-bond acceptors (Lipinski definition) is 5. The van der Waals surface area contributed by atoms with Gasteiger partial charge in [-0.3, -0.25) is 0 Å². The van der Waals surface area contributed by atoms with Crippen LogP contribution in [-0.2, 0) is 0 Å². The lowest BCUT2D eigenvalue weighted by Gasteiger charge is -2.13. The van der Waals surface area contributed by atoms with Crippen molar-refractivity contribution in [1.82, 2.24) is 9.97 Å². The van der Waals surface area contributed by atoms with Gasteiger partial charge in [-0.05, 0) is 29.7 Å². The summed E-state index contributed by atoms with van der Waals surface area (Å²) in [6.45, 7) is 4.23. The van der Waals surface area contributed by atoms with E-state index < -0.39 is 0 Å². The first-order chi connectivity index (χ1) is 9.10. The van der Waals surface area contributed by atoms with Gasteiger partial charge in [-0.2, -0.15) is 0 Å². The molecule has 100 valence electrons. The molecule has 2 aromatic rings. The van der Waals surface area contributed by atoms with E-state index in [1.807, 2.05) is 18.2 Å². The maximum atomic E-state index is 5.80. The average Bonchev–Trinajstić information content (AvgIpc) is 2.41. The fourth-order valence-electron chi connectivity index (χ4n) is 1.65. The van der Waals surface area contributed by atoms with Crippen LogP contribution in [0.4, 0.5) is 5.82 Å². The molecule has 3 N–H and O–H groups in total. The molecule has 5 nitrogen and oxygen atoms in total. The lowest BCUT2D eigenvalue weighted by atomic mass is 10.0. The van der Waals surface area contributed by atoms with Gasteiger partial charge < -0.3 is 10.2 Å². The molecule has 0 fully saturated rings. The van der Waals surface area contributed by atoms with Crippen LogP contribution in [0.15, 0.2) is 35.1 Å². The molecule has 19 heavy (non-hydrogen) atoms. The topological polar surface area (TPSA) is 73.1 Å². The minimum Gasteiger partial charge on any atom is -0.439 e. The van der Waals surface area contributed by atoms with Gasteiger partial charge in [-0.15, -0.1) is 0 Å². The number of anilines is 1. The number of rotatable bonds is 4. The number of hydrogen-bond donors (Lipinski definition) is 2. The van der Waals surface area contributed by atoms with Crippen molar-refractivity contribution in [2.45, 2.75) is 19.8 Å². The van der Waals surface area contributed by atoms with Gasteiger partial charge >= 0.3 is 0 Å². The van der Waals surface area contributed by atoms with Gasteiger partial charge in [0.2, 0.25) is 5.88 Å². The Morgan fingerprint density at radius 2 is 2.05 bits per heavy atom. The van der Waals surface area contributed by atoms with Gasteiger partial charge in [0, 0.05) is 10.5 Å². The monoisotopic (exact) mass is 322 g/mol. The van der Waals surface area contributed by atoms with Crippen molar-refractivity contribution in [3.63, 3.8) is 0 Å². The first-order valence-corrected chi connectivity index (χ1v) is 6.65. The Hall–Kier alpha value is -1.66. The predicted octanol–water partition coefficient (Wildman–Crippen LogP) is 3.44. The maximum absolute atomic E-state index is 5.80. The smallest absolute Gasteiger partial charge is 0.224 e. The molecule has 1 aromatic carbocycles. The molecule has 1 aromatic heterocycles. The van der Waals surface area contributed by atoms with E-state index in [0.29, 0.717) is 17.6 Å². The summed E-state index contributed by atoms with van der Waals surface area (Å²) in [4.78, 5) is 8.00. The highest BCUT2D eigenvalue weighted by atomic mass is 79.9. The zero-order chi connectivity index (χ0) is 13.8. The van der Waals surface area contributed by atoms with Gasteiger partial charge in [0.1, 0.15) is 17.9 Å². The van der Waals surface area contributed by atoms with E-state index in [1.165, 1.54) is 6.33 Å². The molecule has 0 unspecified atom stereocenters. The fourth-order valence-corrected chi connectivity index (χ4v) is 2.03. The van der Waals surface area contributed by atoms with Gasteiger partial charge in [0.25, 0.3) is 0 Å². The molecule has 0 aliphatic carbocycles. The summed E-state index contributed by atoms with van der Waals surface area (Å²) in [5.74, 6) is 7.39. The van der Waals surface area contributed by atoms with Crippen LogP contribution in [-0.4, -0.2) is 9.97 Å². The zero-order valence-electron chi connectivity index (χ0n) is 10.7. The standard InChI is InChI=1S/C13H15BrN4O/c1-8(2)10-5-9(14)3-4-11(10)19-13-6-12(18-15)16-7-17-13/h3-8H,15H2,1-2H3,(H,16,17,18). The first-order valence-electron chi connectivity index (χ1n) is 5.86. The third kappa shape index (κ3) is 3.42. The first kappa shape index (κ1) is 13.8. The van der Waals surface area contributed by atoms with Gasteiger partial charge in [-0.25, -0.2) is 15.8 Å². The van der Waals surface area contributed by atoms with Crippen molar-refractivity contribution < 1.29 is 4.74 Å². The molecule has 0 amide bonds. The molecule has 0 saturated carbocycles. The molecule has 0 atom stereocenters. The molecule has 0 aliphatic rings. The van der Waals surface area contributed by atoms with Crippen LogP contribution in [0.5, 0.6) is 11.6 Å². The number of ether oxygens (including phenoxy) is 1. The number of hydrazine groups is 1. The highest BCUT2D eigenvalue weighted by Gasteiger charge is 2.10. The second-order valence-corrected chi connectivity index (χ2v) is 5.24. The molecule has 0 aliphatic heterocycles. The molecule has 0 radical (unpaired) electrons. The minimum atomic E-state index is 0.349. The van der Waals surface area contributed by atoms with Crippen LogP contribution in [0.1, 0.15) is 25.3 Å². The number of nitrogens with one attached hydrogen (secondary N) is 1. The van der Waals surface area contributed by atoms with Crippen LogP contribution in [0, 0.1) is 0 Å². The molecule has 1 heterocycles. The average molecular weight is 323 g/mol. The quantitative estimate of drug-likeness (QED) is 0.666. The Bertz CT molecular complexity index is 574. The molecule has 6 heteroatoms. The number of nitrogen functional groups attached to an aromatic ring is 1. The minimum absolute atomic E-state index is 0.349.